The molecule has 0 bridgehead atoms. The predicted octanol–water partition coefficient (Wildman–Crippen LogP) is 2.11. The summed E-state index contributed by atoms with van der Waals surface area (Å²) in [5.41, 5.74) is 1.49. The van der Waals surface area contributed by atoms with Crippen molar-refractivity contribution in [1.29, 1.82) is 0 Å². The van der Waals surface area contributed by atoms with Crippen LogP contribution in [0.2, 0.25) is 0 Å². The summed E-state index contributed by atoms with van der Waals surface area (Å²) < 4.78 is 18.5. The van der Waals surface area contributed by atoms with Gasteiger partial charge in [-0.15, -0.1) is 0 Å². The lowest BCUT2D eigenvalue weighted by molar-refractivity contribution is -0.125. The van der Waals surface area contributed by atoms with Crippen molar-refractivity contribution in [2.75, 3.05) is 26.7 Å². The molecule has 0 radical (unpaired) electrons. The second-order valence-electron chi connectivity index (χ2n) is 6.73. The number of methoxy groups -OCH3 is 1. The molecule has 7 heteroatoms. The van der Waals surface area contributed by atoms with Crippen LogP contribution in [-0.4, -0.2) is 55.5 Å². The van der Waals surface area contributed by atoms with Crippen LogP contribution in [0.4, 0.5) is 4.39 Å². The fourth-order valence-electron chi connectivity index (χ4n) is 3.23. The number of amides is 2. The molecule has 1 aromatic rings. The van der Waals surface area contributed by atoms with E-state index in [4.69, 9.17) is 4.74 Å². The normalized spacial score (nSPS) is 20.4. The molecule has 6 nitrogen and oxygen atoms in total. The lowest BCUT2D eigenvalue weighted by atomic mass is 10.1. The minimum absolute atomic E-state index is 0.0263. The van der Waals surface area contributed by atoms with Crippen LogP contribution in [0.3, 0.4) is 0 Å². The van der Waals surface area contributed by atoms with Crippen LogP contribution in [0.25, 0.3) is 0 Å². The number of halogens is 1. The molecule has 2 atom stereocenters. The van der Waals surface area contributed by atoms with Crippen molar-refractivity contribution in [2.45, 2.75) is 39.3 Å². The minimum Gasteiger partial charge on any atom is -0.494 e. The number of carbonyl (C=O) groups excluding carboxylic acids is 2. The maximum atomic E-state index is 13.5. The quantitative estimate of drug-likeness (QED) is 0.714. The van der Waals surface area contributed by atoms with Gasteiger partial charge in [0.05, 0.1) is 13.2 Å². The Morgan fingerprint density at radius 1 is 1.41 bits per heavy atom. The second kappa shape index (κ2) is 9.50. The number of likely N-dealkylation sites (N-methyl/N-ethyl adjacent to an activating group) is 1. The SMILES string of the molecule is CC=C(C)CN1C[C@@H](NC(=O)c2ccc(F)c(OC)c2)C[C@H]1C(=O)NCC. The molecule has 2 rings (SSSR count). The van der Waals surface area contributed by atoms with Gasteiger partial charge >= 0.3 is 0 Å². The van der Waals surface area contributed by atoms with Crippen LogP contribution in [0, 0.1) is 5.82 Å². The van der Waals surface area contributed by atoms with Gasteiger partial charge in [0.1, 0.15) is 0 Å². The number of nitrogens with one attached hydrogen (secondary N) is 2. The smallest absolute Gasteiger partial charge is 0.251 e. The predicted molar refractivity (Wildman–Crippen MR) is 102 cm³/mol. The molecular weight excluding hydrogens is 349 g/mol. The minimum atomic E-state index is -0.515. The Balaban J connectivity index is 2.09. The molecule has 2 amide bonds. The van der Waals surface area contributed by atoms with E-state index in [9.17, 15) is 14.0 Å². The van der Waals surface area contributed by atoms with Gasteiger partial charge in [-0.05, 0) is 45.4 Å². The Hall–Kier alpha value is -2.41. The molecule has 0 aliphatic carbocycles. The van der Waals surface area contributed by atoms with Crippen molar-refractivity contribution in [3.8, 4) is 5.75 Å². The van der Waals surface area contributed by atoms with E-state index in [1.165, 1.54) is 30.9 Å². The number of ether oxygens (including phenoxy) is 1. The molecule has 1 aliphatic rings. The van der Waals surface area contributed by atoms with Crippen molar-refractivity contribution in [1.82, 2.24) is 15.5 Å². The van der Waals surface area contributed by atoms with Gasteiger partial charge in [-0.2, -0.15) is 0 Å². The third-order valence-corrected chi connectivity index (χ3v) is 4.75. The Bertz CT molecular complexity index is 720. The highest BCUT2D eigenvalue weighted by Gasteiger charge is 2.37. The second-order valence-corrected chi connectivity index (χ2v) is 6.73. The maximum absolute atomic E-state index is 13.5. The summed E-state index contributed by atoms with van der Waals surface area (Å²) in [6.07, 6.45) is 2.55. The number of allylic oxidation sites excluding steroid dienone is 1. The Labute approximate surface area is 159 Å². The molecule has 1 heterocycles. The number of hydrogen-bond donors (Lipinski definition) is 2. The van der Waals surface area contributed by atoms with E-state index >= 15 is 0 Å². The first-order valence-corrected chi connectivity index (χ1v) is 9.17. The average Bonchev–Trinajstić information content (AvgIpc) is 3.04. The number of nitrogens with zero attached hydrogens (tertiary/aromatic N) is 1. The third kappa shape index (κ3) is 5.29. The van der Waals surface area contributed by atoms with Crippen molar-refractivity contribution < 1.29 is 18.7 Å². The topological polar surface area (TPSA) is 70.7 Å². The van der Waals surface area contributed by atoms with Gasteiger partial charge < -0.3 is 15.4 Å². The molecule has 1 fully saturated rings. The fraction of sp³-hybridized carbons (Fsp3) is 0.500. The average molecular weight is 377 g/mol. The summed E-state index contributed by atoms with van der Waals surface area (Å²) in [7, 11) is 1.36. The van der Waals surface area contributed by atoms with E-state index in [1.54, 1.807) is 0 Å². The molecule has 1 aromatic carbocycles. The van der Waals surface area contributed by atoms with Gasteiger partial charge in [0.15, 0.2) is 11.6 Å². The third-order valence-electron chi connectivity index (χ3n) is 4.75. The summed E-state index contributed by atoms with van der Waals surface area (Å²) >= 11 is 0. The van der Waals surface area contributed by atoms with Gasteiger partial charge in [0, 0.05) is 31.2 Å². The Kier molecular flexibility index (Phi) is 7.36. The van der Waals surface area contributed by atoms with Crippen molar-refractivity contribution in [3.63, 3.8) is 0 Å². The monoisotopic (exact) mass is 377 g/mol. The van der Waals surface area contributed by atoms with E-state index in [2.05, 4.69) is 15.5 Å². The first-order chi connectivity index (χ1) is 12.9. The van der Waals surface area contributed by atoms with Crippen LogP contribution >= 0.6 is 0 Å². The molecule has 0 spiro atoms. The van der Waals surface area contributed by atoms with Crippen LogP contribution in [-0.2, 0) is 4.79 Å². The van der Waals surface area contributed by atoms with Gasteiger partial charge in [-0.25, -0.2) is 4.39 Å². The highest BCUT2D eigenvalue weighted by atomic mass is 19.1. The molecule has 148 valence electrons. The number of hydrogen-bond acceptors (Lipinski definition) is 4. The van der Waals surface area contributed by atoms with Gasteiger partial charge in [0.25, 0.3) is 5.91 Å². The number of benzene rings is 1. The molecule has 27 heavy (non-hydrogen) atoms. The molecule has 0 saturated carbocycles. The van der Waals surface area contributed by atoms with E-state index in [-0.39, 0.29) is 29.6 Å². The van der Waals surface area contributed by atoms with E-state index < -0.39 is 5.82 Å². The van der Waals surface area contributed by atoms with Crippen LogP contribution in [0.15, 0.2) is 29.8 Å². The van der Waals surface area contributed by atoms with Crippen molar-refractivity contribution >= 4 is 11.8 Å². The summed E-state index contributed by atoms with van der Waals surface area (Å²) in [5.74, 6) is -0.821. The molecule has 2 N–H and O–H groups in total. The lowest BCUT2D eigenvalue weighted by Gasteiger charge is -2.23. The molecule has 1 aliphatic heterocycles. The largest absolute Gasteiger partial charge is 0.494 e. The van der Waals surface area contributed by atoms with Crippen LogP contribution in [0.1, 0.15) is 37.6 Å². The molecule has 0 aromatic heterocycles. The van der Waals surface area contributed by atoms with E-state index in [1.807, 2.05) is 26.8 Å². The Morgan fingerprint density at radius 2 is 2.15 bits per heavy atom. The van der Waals surface area contributed by atoms with E-state index in [0.717, 1.165) is 0 Å². The number of carbonyl (C=O) groups is 2. The standard InChI is InChI=1S/C20H28FN3O3/c1-5-13(3)11-24-12-15(10-17(24)20(26)22-6-2)23-19(25)14-7-8-16(21)18(9-14)27-4/h5,7-9,15,17H,6,10-12H2,1-4H3,(H,22,26)(H,23,25)/t15-,17-/m0/s1. The summed E-state index contributed by atoms with van der Waals surface area (Å²) in [4.78, 5) is 27.0. The first-order valence-electron chi connectivity index (χ1n) is 9.17. The van der Waals surface area contributed by atoms with Crippen LogP contribution < -0.4 is 15.4 Å². The first kappa shape index (κ1) is 20.9. The summed E-state index contributed by atoms with van der Waals surface area (Å²) in [5, 5.41) is 5.82. The van der Waals surface area contributed by atoms with Crippen LogP contribution in [0.5, 0.6) is 5.75 Å². The number of likely N-dealkylation sites (tertiary alicyclic amines) is 1. The fourth-order valence-corrected chi connectivity index (χ4v) is 3.23. The van der Waals surface area contributed by atoms with Gasteiger partial charge in [-0.1, -0.05) is 11.6 Å². The highest BCUT2D eigenvalue weighted by Crippen LogP contribution is 2.22. The Morgan fingerprint density at radius 3 is 2.78 bits per heavy atom. The van der Waals surface area contributed by atoms with Gasteiger partial charge in [0.2, 0.25) is 5.91 Å². The van der Waals surface area contributed by atoms with E-state index in [0.29, 0.717) is 31.6 Å². The summed E-state index contributed by atoms with van der Waals surface area (Å²) in [6.45, 7) is 7.69. The number of rotatable bonds is 7. The zero-order valence-corrected chi connectivity index (χ0v) is 16.3. The van der Waals surface area contributed by atoms with Crippen molar-refractivity contribution in [2.24, 2.45) is 0 Å². The lowest BCUT2D eigenvalue weighted by Crippen LogP contribution is -2.43. The van der Waals surface area contributed by atoms with Gasteiger partial charge in [-0.3, -0.25) is 14.5 Å². The maximum Gasteiger partial charge on any atom is 0.251 e. The van der Waals surface area contributed by atoms with Crippen molar-refractivity contribution in [3.05, 3.63) is 41.2 Å². The molecular formula is C20H28FN3O3. The molecule has 0 unspecified atom stereocenters. The zero-order chi connectivity index (χ0) is 20.0. The molecule has 1 saturated heterocycles. The summed E-state index contributed by atoms with van der Waals surface area (Å²) in [6, 6.07) is 3.56. The zero-order valence-electron chi connectivity index (χ0n) is 16.3. The highest BCUT2D eigenvalue weighted by molar-refractivity contribution is 5.95.